The molecule has 0 heterocycles. The molecule has 0 fully saturated rings. The van der Waals surface area contributed by atoms with Gasteiger partial charge in [-0.1, -0.05) is 19.1 Å². The summed E-state index contributed by atoms with van der Waals surface area (Å²) in [6.07, 6.45) is 0.496. The summed E-state index contributed by atoms with van der Waals surface area (Å²) in [5.41, 5.74) is 0.513. The van der Waals surface area contributed by atoms with Crippen LogP contribution in [0.4, 0.5) is 0 Å². The van der Waals surface area contributed by atoms with Gasteiger partial charge in [-0.05, 0) is 25.5 Å². The lowest BCUT2D eigenvalue weighted by Crippen LogP contribution is -2.37. The lowest BCUT2D eigenvalue weighted by Gasteiger charge is -2.16. The van der Waals surface area contributed by atoms with E-state index >= 15 is 0 Å². The zero-order valence-electron chi connectivity index (χ0n) is 12.8. The number of benzene rings is 1. The molecule has 0 saturated heterocycles. The van der Waals surface area contributed by atoms with Crippen molar-refractivity contribution in [1.82, 2.24) is 5.32 Å². The summed E-state index contributed by atoms with van der Waals surface area (Å²) in [5.74, 6) is 0.243. The van der Waals surface area contributed by atoms with Crippen molar-refractivity contribution < 1.29 is 19.1 Å². The van der Waals surface area contributed by atoms with Gasteiger partial charge < -0.3 is 14.8 Å². The van der Waals surface area contributed by atoms with Crippen LogP contribution in [0, 0.1) is 0 Å². The summed E-state index contributed by atoms with van der Waals surface area (Å²) >= 11 is 0. The Balaban J connectivity index is 2.60. The number of rotatable bonds is 9. The second-order valence-electron chi connectivity index (χ2n) is 4.67. The van der Waals surface area contributed by atoms with E-state index in [9.17, 15) is 9.59 Å². The van der Waals surface area contributed by atoms with Gasteiger partial charge in [-0.2, -0.15) is 0 Å². The second kappa shape index (κ2) is 9.13. The maximum Gasteiger partial charge on any atom is 0.260 e. The monoisotopic (exact) mass is 293 g/mol. The molecule has 5 heteroatoms. The quantitative estimate of drug-likeness (QED) is 0.560. The van der Waals surface area contributed by atoms with Gasteiger partial charge in [-0.25, -0.2) is 0 Å². The van der Waals surface area contributed by atoms with Gasteiger partial charge in [0.1, 0.15) is 5.75 Å². The number of ether oxygens (including phenoxy) is 2. The number of para-hydroxylation sites is 1. The van der Waals surface area contributed by atoms with Crippen LogP contribution in [-0.2, 0) is 9.53 Å². The number of Topliss-reactive ketones (excluding diaryl/α,β-unsaturated/α-hetero) is 1. The van der Waals surface area contributed by atoms with Gasteiger partial charge in [-0.3, -0.25) is 9.59 Å². The number of ketones is 1. The number of nitrogens with one attached hydrogen (secondary N) is 1. The molecule has 1 rings (SSSR count). The summed E-state index contributed by atoms with van der Waals surface area (Å²) < 4.78 is 10.5. The lowest BCUT2D eigenvalue weighted by atomic mass is 10.1. The van der Waals surface area contributed by atoms with Crippen molar-refractivity contribution in [2.75, 3.05) is 20.3 Å². The third-order valence-electron chi connectivity index (χ3n) is 3.01. The highest BCUT2D eigenvalue weighted by Gasteiger charge is 2.17. The first kappa shape index (κ1) is 17.2. The standard InChI is InChI=1S/C16H23NO4/c1-4-14(18)13-8-5-6-9-15(13)21-12(2)16(19)17-10-7-11-20-3/h5-6,8-9,12H,4,7,10-11H2,1-3H3,(H,17,19). The maximum atomic E-state index is 11.9. The van der Waals surface area contributed by atoms with Crippen LogP contribution in [0.3, 0.4) is 0 Å². The molecule has 0 aliphatic rings. The largest absolute Gasteiger partial charge is 0.480 e. The Morgan fingerprint density at radius 3 is 2.67 bits per heavy atom. The van der Waals surface area contributed by atoms with Crippen molar-refractivity contribution in [2.24, 2.45) is 0 Å². The fourth-order valence-corrected chi connectivity index (χ4v) is 1.81. The van der Waals surface area contributed by atoms with Crippen LogP contribution in [-0.4, -0.2) is 38.1 Å². The number of carbonyl (C=O) groups is 2. The van der Waals surface area contributed by atoms with Crippen molar-refractivity contribution >= 4 is 11.7 Å². The van der Waals surface area contributed by atoms with Gasteiger partial charge in [0.25, 0.3) is 5.91 Å². The highest BCUT2D eigenvalue weighted by molar-refractivity contribution is 5.98. The van der Waals surface area contributed by atoms with Gasteiger partial charge >= 0.3 is 0 Å². The Labute approximate surface area is 125 Å². The summed E-state index contributed by atoms with van der Waals surface area (Å²) in [6.45, 7) is 4.60. The predicted molar refractivity (Wildman–Crippen MR) is 80.7 cm³/mol. The van der Waals surface area contributed by atoms with Crippen LogP contribution in [0.2, 0.25) is 0 Å². The number of hydrogen-bond donors (Lipinski definition) is 1. The number of hydrogen-bond acceptors (Lipinski definition) is 4. The van der Waals surface area contributed by atoms with E-state index in [0.29, 0.717) is 30.9 Å². The smallest absolute Gasteiger partial charge is 0.260 e. The van der Waals surface area contributed by atoms with Gasteiger partial charge in [0.15, 0.2) is 11.9 Å². The first-order chi connectivity index (χ1) is 10.1. The molecule has 0 saturated carbocycles. The van der Waals surface area contributed by atoms with Gasteiger partial charge in [0.05, 0.1) is 5.56 Å². The van der Waals surface area contributed by atoms with Gasteiger partial charge in [0, 0.05) is 26.7 Å². The Morgan fingerprint density at radius 1 is 1.29 bits per heavy atom. The molecule has 116 valence electrons. The molecule has 1 aromatic carbocycles. The van der Waals surface area contributed by atoms with Crippen LogP contribution in [0.5, 0.6) is 5.75 Å². The minimum absolute atomic E-state index is 0.00157. The molecule has 0 aliphatic heterocycles. The van der Waals surface area contributed by atoms with E-state index in [1.165, 1.54) is 0 Å². The first-order valence-corrected chi connectivity index (χ1v) is 7.15. The molecule has 0 aromatic heterocycles. The molecule has 0 bridgehead atoms. The van der Waals surface area contributed by atoms with E-state index < -0.39 is 6.10 Å². The molecule has 1 unspecified atom stereocenters. The van der Waals surface area contributed by atoms with Crippen LogP contribution in [0.1, 0.15) is 37.0 Å². The molecule has 1 aromatic rings. The average Bonchev–Trinajstić information content (AvgIpc) is 2.51. The zero-order chi connectivity index (χ0) is 15.7. The molecular weight excluding hydrogens is 270 g/mol. The second-order valence-corrected chi connectivity index (χ2v) is 4.67. The molecule has 0 spiro atoms. The van der Waals surface area contributed by atoms with Crippen LogP contribution in [0.15, 0.2) is 24.3 Å². The Bertz CT molecular complexity index is 473. The van der Waals surface area contributed by atoms with E-state index in [-0.39, 0.29) is 11.7 Å². The zero-order valence-corrected chi connectivity index (χ0v) is 12.8. The Morgan fingerprint density at radius 2 is 2.00 bits per heavy atom. The van der Waals surface area contributed by atoms with Crippen molar-refractivity contribution in [1.29, 1.82) is 0 Å². The predicted octanol–water partition coefficient (Wildman–Crippen LogP) is 2.20. The molecule has 1 amide bonds. The molecule has 1 atom stereocenters. The van der Waals surface area contributed by atoms with Crippen LogP contribution < -0.4 is 10.1 Å². The topological polar surface area (TPSA) is 64.6 Å². The van der Waals surface area contributed by atoms with Crippen molar-refractivity contribution in [2.45, 2.75) is 32.8 Å². The van der Waals surface area contributed by atoms with E-state index in [2.05, 4.69) is 5.32 Å². The van der Waals surface area contributed by atoms with E-state index in [4.69, 9.17) is 9.47 Å². The third-order valence-corrected chi connectivity index (χ3v) is 3.01. The van der Waals surface area contributed by atoms with Crippen LogP contribution in [0.25, 0.3) is 0 Å². The van der Waals surface area contributed by atoms with E-state index in [0.717, 1.165) is 6.42 Å². The SMILES string of the molecule is CCC(=O)c1ccccc1OC(C)C(=O)NCCCOC. The highest BCUT2D eigenvalue weighted by atomic mass is 16.5. The molecule has 5 nitrogen and oxygen atoms in total. The Kier molecular flexibility index (Phi) is 7.46. The summed E-state index contributed by atoms with van der Waals surface area (Å²) in [4.78, 5) is 23.7. The third kappa shape index (κ3) is 5.55. The van der Waals surface area contributed by atoms with Gasteiger partial charge in [0.2, 0.25) is 0 Å². The first-order valence-electron chi connectivity index (χ1n) is 7.15. The fraction of sp³-hybridized carbons (Fsp3) is 0.500. The number of amides is 1. The van der Waals surface area contributed by atoms with E-state index in [1.807, 2.05) is 0 Å². The van der Waals surface area contributed by atoms with Crippen molar-refractivity contribution in [3.05, 3.63) is 29.8 Å². The summed E-state index contributed by atoms with van der Waals surface area (Å²) in [7, 11) is 1.62. The lowest BCUT2D eigenvalue weighted by molar-refractivity contribution is -0.127. The highest BCUT2D eigenvalue weighted by Crippen LogP contribution is 2.20. The summed E-state index contributed by atoms with van der Waals surface area (Å²) in [6, 6.07) is 6.98. The normalized spacial score (nSPS) is 11.8. The Hall–Kier alpha value is -1.88. The minimum Gasteiger partial charge on any atom is -0.480 e. The van der Waals surface area contributed by atoms with Crippen LogP contribution >= 0.6 is 0 Å². The maximum absolute atomic E-state index is 11.9. The van der Waals surface area contributed by atoms with Gasteiger partial charge in [-0.15, -0.1) is 0 Å². The number of methoxy groups -OCH3 is 1. The fourth-order valence-electron chi connectivity index (χ4n) is 1.81. The van der Waals surface area contributed by atoms with Crippen molar-refractivity contribution in [3.8, 4) is 5.75 Å². The molecule has 0 aliphatic carbocycles. The number of carbonyl (C=O) groups excluding carboxylic acids is 2. The van der Waals surface area contributed by atoms with Crippen molar-refractivity contribution in [3.63, 3.8) is 0 Å². The average molecular weight is 293 g/mol. The molecule has 1 N–H and O–H groups in total. The van der Waals surface area contributed by atoms with E-state index in [1.54, 1.807) is 45.2 Å². The molecule has 21 heavy (non-hydrogen) atoms. The molecule has 0 radical (unpaired) electrons. The molecular formula is C16H23NO4. The summed E-state index contributed by atoms with van der Waals surface area (Å²) in [5, 5.41) is 2.77. The minimum atomic E-state index is -0.654.